The summed E-state index contributed by atoms with van der Waals surface area (Å²) >= 11 is 1.81. The van der Waals surface area contributed by atoms with Crippen molar-refractivity contribution >= 4 is 5.97 Å². The normalized spacial score (nSPS) is 12.7. The molecule has 0 fully saturated rings. The molecule has 0 aromatic rings. The van der Waals surface area contributed by atoms with Crippen molar-refractivity contribution in [1.29, 1.82) is 0 Å². The van der Waals surface area contributed by atoms with Crippen molar-refractivity contribution in [3.8, 4) is 0 Å². The molecule has 0 aliphatic carbocycles. The van der Waals surface area contributed by atoms with Crippen molar-refractivity contribution in [2.75, 3.05) is 0 Å². The van der Waals surface area contributed by atoms with Gasteiger partial charge in [0, 0.05) is 0 Å². The quantitative estimate of drug-likeness (QED) is 0.198. The summed E-state index contributed by atoms with van der Waals surface area (Å²) in [6, 6.07) is 0. The molecule has 0 bridgehead atoms. The summed E-state index contributed by atoms with van der Waals surface area (Å²) in [4.78, 5) is 10.9. The van der Waals surface area contributed by atoms with Gasteiger partial charge in [-0.05, 0) is 6.42 Å². The van der Waals surface area contributed by atoms with Crippen LogP contribution in [0, 0.1) is 0 Å². The van der Waals surface area contributed by atoms with Crippen LogP contribution < -0.4 is 0 Å². The van der Waals surface area contributed by atoms with E-state index in [-0.39, 0.29) is 12.1 Å². The fraction of sp³-hybridized carbons (Fsp3) is 0.833. The van der Waals surface area contributed by atoms with Gasteiger partial charge in [0.25, 0.3) is 0 Å². The van der Waals surface area contributed by atoms with E-state index in [0.717, 1.165) is 38.5 Å². The average Bonchev–Trinajstić information content (AvgIpc) is 2.53. The summed E-state index contributed by atoms with van der Waals surface area (Å²) in [5.74, 6) is -0.125. The van der Waals surface area contributed by atoms with Crippen LogP contribution in [0.3, 0.4) is 0 Å². The van der Waals surface area contributed by atoms with Crippen LogP contribution in [0.15, 0.2) is 12.2 Å². The molecule has 0 heterocycles. The van der Waals surface area contributed by atoms with Gasteiger partial charge >= 0.3 is 99.0 Å². The van der Waals surface area contributed by atoms with Gasteiger partial charge in [0.2, 0.25) is 0 Å². The summed E-state index contributed by atoms with van der Waals surface area (Å²) in [6.45, 7) is 2.21. The number of carbonyl (C=O) groups excluding carboxylic acids is 1. The van der Waals surface area contributed by atoms with E-state index in [4.69, 9.17) is 0 Å². The predicted octanol–water partition coefficient (Wildman–Crippen LogP) is 5.00. The maximum atomic E-state index is 10.9. The van der Waals surface area contributed by atoms with Gasteiger partial charge in [-0.1, -0.05) is 32.6 Å². The number of hydrogen-bond acceptors (Lipinski definition) is 3. The van der Waals surface area contributed by atoms with Crippen molar-refractivity contribution in [3.05, 3.63) is 12.2 Å². The minimum absolute atomic E-state index is 0.125. The topological polar surface area (TPSA) is 46.5 Å². The zero-order valence-corrected chi connectivity index (χ0v) is 16.2. The third kappa shape index (κ3) is 16.3. The standard InChI is InChI=1S/C18H34O3.Au/c1-2-3-4-11-14-17(19)15-12-9-7-5-6-8-10-13-16-18(20)21;/h9,12,17,19H,2-8,10-11,13-16H2,1H3,(H,20,21);/q;+1/p-1/b12-9-;/t17-;/m1./s1. The molecule has 1 N–H and O–H groups in total. The van der Waals surface area contributed by atoms with E-state index in [1.54, 1.807) is 0 Å². The summed E-state index contributed by atoms with van der Waals surface area (Å²) in [6.07, 6.45) is 18.0. The molecule has 0 amide bonds. The Morgan fingerprint density at radius 1 is 1.05 bits per heavy atom. The predicted molar refractivity (Wildman–Crippen MR) is 86.9 cm³/mol. The number of unbranched alkanes of at least 4 members (excludes halogenated alkanes) is 8. The zero-order chi connectivity index (χ0) is 16.5. The molecule has 0 rings (SSSR count). The van der Waals surface area contributed by atoms with Crippen LogP contribution in [-0.2, 0) is 29.5 Å². The SMILES string of the molecule is CCCCCC[C@@H](O)C/C=C\CCCCCCCC(=O)[O][Au]. The second-order valence-corrected chi connectivity index (χ2v) is 6.39. The Morgan fingerprint density at radius 3 is 2.45 bits per heavy atom. The second kappa shape index (κ2) is 17.3. The van der Waals surface area contributed by atoms with Gasteiger partial charge in [0.1, 0.15) is 0 Å². The number of allylic oxidation sites excluding steroid dienone is 1. The first-order chi connectivity index (χ1) is 10.7. The maximum absolute atomic E-state index is 10.9. The van der Waals surface area contributed by atoms with Gasteiger partial charge in [-0.25, -0.2) is 0 Å². The van der Waals surface area contributed by atoms with Gasteiger partial charge in [-0.2, -0.15) is 0 Å². The summed E-state index contributed by atoms with van der Waals surface area (Å²) in [5.41, 5.74) is 0. The van der Waals surface area contributed by atoms with Gasteiger partial charge in [0.05, 0.1) is 6.10 Å². The molecular weight excluding hydrogens is 461 g/mol. The van der Waals surface area contributed by atoms with Gasteiger partial charge in [-0.3, -0.25) is 0 Å². The molecule has 1 atom stereocenters. The van der Waals surface area contributed by atoms with Crippen LogP contribution in [0.25, 0.3) is 0 Å². The second-order valence-electron chi connectivity index (χ2n) is 5.95. The van der Waals surface area contributed by atoms with Crippen LogP contribution in [0.5, 0.6) is 0 Å². The third-order valence-corrected chi connectivity index (χ3v) is 4.28. The molecule has 4 heteroatoms. The van der Waals surface area contributed by atoms with Gasteiger partial charge in [0.15, 0.2) is 0 Å². The van der Waals surface area contributed by atoms with Crippen LogP contribution in [0.2, 0.25) is 0 Å². The summed E-state index contributed by atoms with van der Waals surface area (Å²) in [7, 11) is 0. The van der Waals surface area contributed by atoms with Crippen molar-refractivity contribution in [2.45, 2.75) is 96.5 Å². The van der Waals surface area contributed by atoms with Crippen LogP contribution in [0.4, 0.5) is 0 Å². The fourth-order valence-electron chi connectivity index (χ4n) is 2.39. The molecule has 0 aromatic heterocycles. The Labute approximate surface area is 149 Å². The Kier molecular flexibility index (Phi) is 17.2. The van der Waals surface area contributed by atoms with E-state index in [0.29, 0.717) is 6.42 Å². The molecule has 0 aliphatic heterocycles. The van der Waals surface area contributed by atoms with Crippen molar-refractivity contribution in [1.82, 2.24) is 0 Å². The Hall–Kier alpha value is -0.0897. The van der Waals surface area contributed by atoms with E-state index >= 15 is 0 Å². The summed E-state index contributed by atoms with van der Waals surface area (Å²) in [5, 5.41) is 9.82. The number of aliphatic hydroxyl groups excluding tert-OH is 1. The van der Waals surface area contributed by atoms with Crippen LogP contribution >= 0.6 is 0 Å². The van der Waals surface area contributed by atoms with E-state index in [2.05, 4.69) is 22.3 Å². The summed E-state index contributed by atoms with van der Waals surface area (Å²) < 4.78 is 4.55. The molecule has 0 saturated carbocycles. The zero-order valence-electron chi connectivity index (χ0n) is 14.0. The Bertz CT molecular complexity index is 280. The van der Waals surface area contributed by atoms with E-state index < -0.39 is 0 Å². The fourth-order valence-corrected chi connectivity index (χ4v) is 2.61. The van der Waals surface area contributed by atoms with Crippen molar-refractivity contribution in [2.24, 2.45) is 0 Å². The van der Waals surface area contributed by atoms with Crippen LogP contribution in [-0.4, -0.2) is 17.2 Å². The van der Waals surface area contributed by atoms with Gasteiger partial charge < -0.3 is 5.11 Å². The van der Waals surface area contributed by atoms with Crippen molar-refractivity contribution in [3.63, 3.8) is 0 Å². The Balaban J connectivity index is 3.28. The van der Waals surface area contributed by atoms with Crippen molar-refractivity contribution < 1.29 is 34.6 Å². The molecule has 22 heavy (non-hydrogen) atoms. The molecular formula is C18H33AuO3. The molecule has 134 valence electrons. The monoisotopic (exact) mass is 494 g/mol. The number of hydrogen-bond donors (Lipinski definition) is 1. The molecule has 0 saturated heterocycles. The molecule has 3 nitrogen and oxygen atoms in total. The first-order valence-electron chi connectivity index (χ1n) is 8.82. The number of aliphatic hydroxyl groups is 1. The van der Waals surface area contributed by atoms with Crippen LogP contribution in [0.1, 0.15) is 90.4 Å². The first-order valence-corrected chi connectivity index (χ1v) is 9.70. The van der Waals surface area contributed by atoms with E-state index in [1.165, 1.54) is 38.5 Å². The molecule has 0 unspecified atom stereocenters. The van der Waals surface area contributed by atoms with E-state index in [1.807, 2.05) is 21.5 Å². The minimum atomic E-state index is -0.162. The molecule has 0 radical (unpaired) electrons. The molecule has 0 aromatic carbocycles. The van der Waals surface area contributed by atoms with E-state index in [9.17, 15) is 9.90 Å². The number of carbonyl (C=O) groups is 1. The molecule has 0 spiro atoms. The third-order valence-electron chi connectivity index (χ3n) is 3.79. The average molecular weight is 494 g/mol. The van der Waals surface area contributed by atoms with Gasteiger partial charge in [-0.15, -0.1) is 0 Å². The molecule has 0 aliphatic rings. The Morgan fingerprint density at radius 2 is 1.73 bits per heavy atom. The first kappa shape index (κ1) is 21.9. The number of rotatable bonds is 15.